The van der Waals surface area contributed by atoms with Crippen molar-refractivity contribution in [3.63, 3.8) is 0 Å². The van der Waals surface area contributed by atoms with Crippen molar-refractivity contribution in [1.82, 2.24) is 25.1 Å². The maximum absolute atomic E-state index is 5.06. The summed E-state index contributed by atoms with van der Waals surface area (Å²) in [6.45, 7) is 1.20. The molecular weight excluding hydrogens is 256 g/mol. The number of anilines is 1. The summed E-state index contributed by atoms with van der Waals surface area (Å²) in [5.41, 5.74) is 2.75. The van der Waals surface area contributed by atoms with Crippen LogP contribution in [0.2, 0.25) is 0 Å². The molecule has 20 heavy (non-hydrogen) atoms. The van der Waals surface area contributed by atoms with Gasteiger partial charge in [-0.25, -0.2) is 9.97 Å². The molecule has 0 bridgehead atoms. The molecule has 3 aromatic rings. The van der Waals surface area contributed by atoms with E-state index in [0.29, 0.717) is 13.2 Å². The van der Waals surface area contributed by atoms with E-state index in [1.54, 1.807) is 13.4 Å². The molecule has 0 spiro atoms. The summed E-state index contributed by atoms with van der Waals surface area (Å²) in [7, 11) is 3.65. The highest BCUT2D eigenvalue weighted by Crippen LogP contribution is 2.21. The fraction of sp³-hybridized carbons (Fsp3) is 0.308. The molecule has 0 aliphatic carbocycles. The van der Waals surface area contributed by atoms with Crippen LogP contribution in [0.25, 0.3) is 11.0 Å². The van der Waals surface area contributed by atoms with Gasteiger partial charge in [-0.05, 0) is 12.1 Å². The molecule has 0 amide bonds. The smallest absolute Gasteiger partial charge is 0.142 e. The Labute approximate surface area is 116 Å². The lowest BCUT2D eigenvalue weighted by Gasteiger charge is -2.17. The van der Waals surface area contributed by atoms with Gasteiger partial charge in [0.1, 0.15) is 17.8 Å². The van der Waals surface area contributed by atoms with Crippen molar-refractivity contribution in [3.05, 3.63) is 36.0 Å². The van der Waals surface area contributed by atoms with Crippen molar-refractivity contribution in [1.29, 1.82) is 0 Å². The molecule has 2 N–H and O–H groups in total. The Morgan fingerprint density at radius 3 is 3.10 bits per heavy atom. The van der Waals surface area contributed by atoms with Gasteiger partial charge in [0.05, 0.1) is 29.9 Å². The molecule has 0 aliphatic rings. The molecule has 0 aromatic carbocycles. The Kier molecular flexibility index (Phi) is 3.34. The summed E-state index contributed by atoms with van der Waals surface area (Å²) >= 11 is 0. The van der Waals surface area contributed by atoms with Crippen molar-refractivity contribution in [2.24, 2.45) is 0 Å². The number of nitrogens with zero attached hydrogens (tertiary/aromatic N) is 4. The second-order valence-electron chi connectivity index (χ2n) is 4.61. The summed E-state index contributed by atoms with van der Waals surface area (Å²) < 4.78 is 5.06. The fourth-order valence-electron chi connectivity index (χ4n) is 2.21. The van der Waals surface area contributed by atoms with Gasteiger partial charge in [-0.1, -0.05) is 0 Å². The van der Waals surface area contributed by atoms with Gasteiger partial charge in [0, 0.05) is 20.4 Å². The number of ether oxygens (including phenoxy) is 1. The van der Waals surface area contributed by atoms with Gasteiger partial charge in [-0.15, -0.1) is 0 Å². The molecule has 7 nitrogen and oxygen atoms in total. The molecule has 0 atom stereocenters. The van der Waals surface area contributed by atoms with Crippen LogP contribution in [-0.2, 0) is 17.9 Å². The number of fused-ring (bicyclic) bond motifs is 1. The maximum Gasteiger partial charge on any atom is 0.142 e. The summed E-state index contributed by atoms with van der Waals surface area (Å²) in [6.07, 6.45) is 3.43. The van der Waals surface area contributed by atoms with Crippen LogP contribution in [0.3, 0.4) is 0 Å². The lowest BCUT2D eigenvalue weighted by molar-refractivity contribution is 0.181. The first-order valence-corrected chi connectivity index (χ1v) is 6.29. The van der Waals surface area contributed by atoms with Crippen LogP contribution in [-0.4, -0.2) is 39.3 Å². The Balaban J connectivity index is 1.81. The minimum absolute atomic E-state index is 0.510. The second-order valence-corrected chi connectivity index (χ2v) is 4.61. The topological polar surface area (TPSA) is 82.7 Å². The summed E-state index contributed by atoms with van der Waals surface area (Å²) in [6, 6.07) is 3.97. The Morgan fingerprint density at radius 1 is 1.35 bits per heavy atom. The molecule has 0 saturated carbocycles. The van der Waals surface area contributed by atoms with Gasteiger partial charge in [-0.2, -0.15) is 5.10 Å². The summed E-state index contributed by atoms with van der Waals surface area (Å²) in [5, 5.41) is 8.21. The van der Waals surface area contributed by atoms with Gasteiger partial charge in [0.15, 0.2) is 0 Å². The zero-order valence-corrected chi connectivity index (χ0v) is 11.4. The van der Waals surface area contributed by atoms with Crippen LogP contribution in [0, 0.1) is 0 Å². The number of hydrogen-bond donors (Lipinski definition) is 2. The quantitative estimate of drug-likeness (QED) is 0.734. The number of methoxy groups -OCH3 is 1. The molecule has 0 saturated heterocycles. The molecule has 0 aliphatic heterocycles. The van der Waals surface area contributed by atoms with Crippen molar-refractivity contribution in [2.45, 2.75) is 13.2 Å². The number of rotatable bonds is 5. The number of aromatic nitrogens is 5. The summed E-state index contributed by atoms with van der Waals surface area (Å²) in [4.78, 5) is 13.7. The van der Waals surface area contributed by atoms with Crippen LogP contribution in [0.1, 0.15) is 11.4 Å². The van der Waals surface area contributed by atoms with Gasteiger partial charge >= 0.3 is 0 Å². The molecule has 3 rings (SSSR count). The first kappa shape index (κ1) is 12.6. The molecule has 104 valence electrons. The Bertz CT molecular complexity index is 704. The largest absolute Gasteiger partial charge is 0.378 e. The van der Waals surface area contributed by atoms with E-state index in [9.17, 15) is 0 Å². The van der Waals surface area contributed by atoms with Crippen LogP contribution in [0.15, 0.2) is 24.7 Å². The van der Waals surface area contributed by atoms with E-state index in [1.807, 2.05) is 25.4 Å². The van der Waals surface area contributed by atoms with Crippen molar-refractivity contribution < 1.29 is 4.74 Å². The van der Waals surface area contributed by atoms with Gasteiger partial charge in [0.2, 0.25) is 0 Å². The van der Waals surface area contributed by atoms with E-state index in [2.05, 4.69) is 30.0 Å². The normalized spacial score (nSPS) is 11.1. The van der Waals surface area contributed by atoms with E-state index in [1.165, 1.54) is 0 Å². The highest BCUT2D eigenvalue weighted by Gasteiger charge is 2.11. The molecule has 0 unspecified atom stereocenters. The minimum Gasteiger partial charge on any atom is -0.378 e. The third-order valence-corrected chi connectivity index (χ3v) is 3.08. The number of H-pyrrole nitrogens is 2. The first-order chi connectivity index (χ1) is 9.78. The third-order valence-electron chi connectivity index (χ3n) is 3.08. The maximum atomic E-state index is 5.06. The minimum atomic E-state index is 0.510. The zero-order valence-electron chi connectivity index (χ0n) is 11.4. The predicted octanol–water partition coefficient (Wildman–Crippen LogP) is 1.46. The SMILES string of the molecule is COCc1cc(CN(C)c2ncnc3[nH]ccc23)[nH]n1. The van der Waals surface area contributed by atoms with Crippen molar-refractivity contribution in [2.75, 3.05) is 19.1 Å². The van der Waals surface area contributed by atoms with E-state index < -0.39 is 0 Å². The average Bonchev–Trinajstić information content (AvgIpc) is 3.07. The van der Waals surface area contributed by atoms with E-state index >= 15 is 0 Å². The average molecular weight is 272 g/mol. The second kappa shape index (κ2) is 5.30. The molecule has 0 radical (unpaired) electrons. The lowest BCUT2D eigenvalue weighted by Crippen LogP contribution is -2.18. The highest BCUT2D eigenvalue weighted by molar-refractivity contribution is 5.87. The highest BCUT2D eigenvalue weighted by atomic mass is 16.5. The van der Waals surface area contributed by atoms with Crippen LogP contribution >= 0.6 is 0 Å². The van der Waals surface area contributed by atoms with Gasteiger partial charge in [0.25, 0.3) is 0 Å². The molecule has 0 fully saturated rings. The van der Waals surface area contributed by atoms with Gasteiger partial charge < -0.3 is 14.6 Å². The summed E-state index contributed by atoms with van der Waals surface area (Å²) in [5.74, 6) is 0.888. The number of aromatic amines is 2. The van der Waals surface area contributed by atoms with Crippen molar-refractivity contribution in [3.8, 4) is 0 Å². The van der Waals surface area contributed by atoms with Gasteiger partial charge in [-0.3, -0.25) is 5.10 Å². The van der Waals surface area contributed by atoms with Crippen LogP contribution in [0.5, 0.6) is 0 Å². The van der Waals surface area contributed by atoms with Crippen LogP contribution < -0.4 is 4.90 Å². The Morgan fingerprint density at radius 2 is 2.25 bits per heavy atom. The van der Waals surface area contributed by atoms with Crippen LogP contribution in [0.4, 0.5) is 5.82 Å². The molecule has 3 heterocycles. The predicted molar refractivity (Wildman–Crippen MR) is 75.3 cm³/mol. The third kappa shape index (κ3) is 2.35. The zero-order chi connectivity index (χ0) is 13.9. The van der Waals surface area contributed by atoms with E-state index in [0.717, 1.165) is 28.2 Å². The van der Waals surface area contributed by atoms with Crippen molar-refractivity contribution >= 4 is 16.9 Å². The monoisotopic (exact) mass is 272 g/mol. The first-order valence-electron chi connectivity index (χ1n) is 6.29. The number of nitrogens with one attached hydrogen (secondary N) is 2. The van der Waals surface area contributed by atoms with E-state index in [-0.39, 0.29) is 0 Å². The standard InChI is InChI=1S/C13H16N6O/c1-19(6-9-5-10(7-20-2)18-17-9)13-11-3-4-14-12(11)15-8-16-13/h3-5,8H,6-7H2,1-2H3,(H,17,18)(H,14,15,16). The van der Waals surface area contributed by atoms with E-state index in [4.69, 9.17) is 4.74 Å². The Hall–Kier alpha value is -2.41. The lowest BCUT2D eigenvalue weighted by atomic mass is 10.3. The molecule has 7 heteroatoms. The molecule has 3 aromatic heterocycles. The number of hydrogen-bond acceptors (Lipinski definition) is 5. The fourth-order valence-corrected chi connectivity index (χ4v) is 2.21. The molecular formula is C13H16N6O.